The van der Waals surface area contributed by atoms with Crippen molar-refractivity contribution < 1.29 is 4.74 Å². The van der Waals surface area contributed by atoms with Crippen LogP contribution < -0.4 is 5.32 Å². The fourth-order valence-corrected chi connectivity index (χ4v) is 2.50. The Morgan fingerprint density at radius 3 is 2.61 bits per heavy atom. The van der Waals surface area contributed by atoms with Gasteiger partial charge in [-0.3, -0.25) is 4.90 Å². The van der Waals surface area contributed by atoms with E-state index in [0.717, 1.165) is 32.2 Å². The Hall–Kier alpha value is -0.120. The van der Waals surface area contributed by atoms with Gasteiger partial charge in [0.1, 0.15) is 0 Å². The number of unbranched alkanes of at least 4 members (excludes halogenated alkanes) is 1. The van der Waals surface area contributed by atoms with E-state index in [1.165, 1.54) is 51.7 Å². The molecule has 0 radical (unpaired) electrons. The van der Waals surface area contributed by atoms with E-state index in [1.54, 1.807) is 0 Å². The van der Waals surface area contributed by atoms with E-state index < -0.39 is 0 Å². The maximum absolute atomic E-state index is 5.35. The second-order valence-corrected chi connectivity index (χ2v) is 5.43. The first kappa shape index (κ1) is 15.9. The Bertz CT molecular complexity index is 181. The van der Waals surface area contributed by atoms with Crippen LogP contribution in [-0.4, -0.2) is 50.8 Å². The molecule has 1 heterocycles. The van der Waals surface area contributed by atoms with Crippen LogP contribution in [0.15, 0.2) is 0 Å². The van der Waals surface area contributed by atoms with E-state index in [0.29, 0.717) is 0 Å². The Morgan fingerprint density at radius 1 is 1.17 bits per heavy atom. The zero-order valence-electron chi connectivity index (χ0n) is 12.4. The Morgan fingerprint density at radius 2 is 1.94 bits per heavy atom. The van der Waals surface area contributed by atoms with Crippen molar-refractivity contribution in [1.82, 2.24) is 10.2 Å². The third-order valence-corrected chi connectivity index (χ3v) is 3.91. The maximum Gasteiger partial charge on any atom is 0.0594 e. The van der Waals surface area contributed by atoms with Gasteiger partial charge in [0, 0.05) is 13.1 Å². The smallest absolute Gasteiger partial charge is 0.0594 e. The van der Waals surface area contributed by atoms with Crippen LogP contribution in [0.5, 0.6) is 0 Å². The van der Waals surface area contributed by atoms with Crippen molar-refractivity contribution in [2.75, 3.05) is 45.9 Å². The van der Waals surface area contributed by atoms with E-state index in [-0.39, 0.29) is 0 Å². The molecule has 0 amide bonds. The predicted octanol–water partition coefficient (Wildman–Crippen LogP) is 2.51. The summed E-state index contributed by atoms with van der Waals surface area (Å²) in [5.74, 6) is 0.883. The summed E-state index contributed by atoms with van der Waals surface area (Å²) in [6, 6.07) is 0. The predicted molar refractivity (Wildman–Crippen MR) is 78.1 cm³/mol. The Balaban J connectivity index is 1.93. The van der Waals surface area contributed by atoms with E-state index in [4.69, 9.17) is 4.74 Å². The van der Waals surface area contributed by atoms with Gasteiger partial charge in [-0.2, -0.15) is 0 Å². The third-order valence-electron chi connectivity index (χ3n) is 3.91. The summed E-state index contributed by atoms with van der Waals surface area (Å²) >= 11 is 0. The minimum absolute atomic E-state index is 0.883. The molecular weight excluding hydrogens is 224 g/mol. The van der Waals surface area contributed by atoms with Gasteiger partial charge in [0.05, 0.1) is 13.2 Å². The van der Waals surface area contributed by atoms with Crippen molar-refractivity contribution in [1.29, 1.82) is 0 Å². The molecule has 0 saturated carbocycles. The van der Waals surface area contributed by atoms with Crippen LogP contribution in [-0.2, 0) is 4.74 Å². The van der Waals surface area contributed by atoms with Crippen LogP contribution in [0.2, 0.25) is 0 Å². The fraction of sp³-hybridized carbons (Fsp3) is 1.00. The van der Waals surface area contributed by atoms with Gasteiger partial charge in [-0.05, 0) is 38.4 Å². The highest BCUT2D eigenvalue weighted by atomic mass is 16.5. The molecule has 0 aromatic heterocycles. The van der Waals surface area contributed by atoms with Gasteiger partial charge in [0.25, 0.3) is 0 Å². The molecule has 0 aromatic carbocycles. The number of hydrogen-bond acceptors (Lipinski definition) is 3. The summed E-state index contributed by atoms with van der Waals surface area (Å²) in [6.07, 6.45) is 6.69. The quantitative estimate of drug-likeness (QED) is 0.608. The van der Waals surface area contributed by atoms with Crippen LogP contribution in [0.1, 0.15) is 46.0 Å². The lowest BCUT2D eigenvalue weighted by atomic mass is 9.99. The number of nitrogens with one attached hydrogen (secondary N) is 1. The van der Waals surface area contributed by atoms with Crippen molar-refractivity contribution >= 4 is 0 Å². The summed E-state index contributed by atoms with van der Waals surface area (Å²) in [5.41, 5.74) is 0. The molecule has 1 aliphatic rings. The SMILES string of the molecule is CCCCC(CC)CNCCCN1CCOCC1. The minimum Gasteiger partial charge on any atom is -0.379 e. The molecule has 18 heavy (non-hydrogen) atoms. The van der Waals surface area contributed by atoms with Crippen molar-refractivity contribution in [2.24, 2.45) is 5.92 Å². The molecule has 3 nitrogen and oxygen atoms in total. The van der Waals surface area contributed by atoms with E-state index in [1.807, 2.05) is 0 Å². The molecule has 1 unspecified atom stereocenters. The summed E-state index contributed by atoms with van der Waals surface area (Å²) < 4.78 is 5.35. The number of nitrogens with zero attached hydrogens (tertiary/aromatic N) is 1. The summed E-state index contributed by atoms with van der Waals surface area (Å²) in [4.78, 5) is 2.51. The molecule has 0 bridgehead atoms. The van der Waals surface area contributed by atoms with Crippen molar-refractivity contribution in [3.63, 3.8) is 0 Å². The van der Waals surface area contributed by atoms with Crippen LogP contribution in [0.3, 0.4) is 0 Å². The lowest BCUT2D eigenvalue weighted by Crippen LogP contribution is -2.38. The average molecular weight is 256 g/mol. The molecule has 0 aromatic rings. The fourth-order valence-electron chi connectivity index (χ4n) is 2.50. The minimum atomic E-state index is 0.883. The highest BCUT2D eigenvalue weighted by Gasteiger charge is 2.09. The highest BCUT2D eigenvalue weighted by Crippen LogP contribution is 2.11. The van der Waals surface area contributed by atoms with Gasteiger partial charge in [-0.1, -0.05) is 33.1 Å². The van der Waals surface area contributed by atoms with Crippen molar-refractivity contribution in [2.45, 2.75) is 46.0 Å². The van der Waals surface area contributed by atoms with Crippen molar-refractivity contribution in [3.8, 4) is 0 Å². The lowest BCUT2D eigenvalue weighted by molar-refractivity contribution is 0.0374. The highest BCUT2D eigenvalue weighted by molar-refractivity contribution is 4.64. The molecule has 3 heteroatoms. The zero-order valence-corrected chi connectivity index (χ0v) is 12.4. The monoisotopic (exact) mass is 256 g/mol. The number of morpholine rings is 1. The number of ether oxygens (including phenoxy) is 1. The van der Waals surface area contributed by atoms with E-state index in [9.17, 15) is 0 Å². The van der Waals surface area contributed by atoms with E-state index in [2.05, 4.69) is 24.1 Å². The van der Waals surface area contributed by atoms with Gasteiger partial charge in [0.15, 0.2) is 0 Å². The average Bonchev–Trinajstić information content (AvgIpc) is 2.43. The van der Waals surface area contributed by atoms with Crippen LogP contribution >= 0.6 is 0 Å². The molecule has 0 spiro atoms. The van der Waals surface area contributed by atoms with Gasteiger partial charge >= 0.3 is 0 Å². The van der Waals surface area contributed by atoms with Crippen molar-refractivity contribution in [3.05, 3.63) is 0 Å². The number of rotatable bonds is 10. The molecule has 0 aliphatic carbocycles. The normalized spacial score (nSPS) is 19.0. The lowest BCUT2D eigenvalue weighted by Gasteiger charge is -2.26. The largest absolute Gasteiger partial charge is 0.379 e. The maximum atomic E-state index is 5.35. The Kier molecular flexibility index (Phi) is 9.54. The standard InChI is InChI=1S/C15H32N2O/c1-3-5-7-15(4-2)14-16-8-6-9-17-10-12-18-13-11-17/h15-16H,3-14H2,1-2H3. The van der Waals surface area contributed by atoms with Gasteiger partial charge < -0.3 is 10.1 Å². The summed E-state index contributed by atoms with van der Waals surface area (Å²) in [5, 5.41) is 3.63. The summed E-state index contributed by atoms with van der Waals surface area (Å²) in [6.45, 7) is 12.3. The second kappa shape index (κ2) is 10.8. The number of hydrogen-bond donors (Lipinski definition) is 1. The van der Waals surface area contributed by atoms with Gasteiger partial charge in [-0.15, -0.1) is 0 Å². The van der Waals surface area contributed by atoms with Gasteiger partial charge in [-0.25, -0.2) is 0 Å². The van der Waals surface area contributed by atoms with Gasteiger partial charge in [0.2, 0.25) is 0 Å². The first-order chi connectivity index (χ1) is 8.86. The Labute approximate surface area is 113 Å². The summed E-state index contributed by atoms with van der Waals surface area (Å²) in [7, 11) is 0. The topological polar surface area (TPSA) is 24.5 Å². The molecule has 1 rings (SSSR count). The van der Waals surface area contributed by atoms with Crippen LogP contribution in [0.4, 0.5) is 0 Å². The van der Waals surface area contributed by atoms with E-state index >= 15 is 0 Å². The molecule has 1 saturated heterocycles. The zero-order chi connectivity index (χ0) is 13.1. The first-order valence-electron chi connectivity index (χ1n) is 7.87. The molecule has 1 fully saturated rings. The molecule has 1 N–H and O–H groups in total. The van der Waals surface area contributed by atoms with Crippen LogP contribution in [0.25, 0.3) is 0 Å². The molecule has 1 atom stereocenters. The first-order valence-corrected chi connectivity index (χ1v) is 7.87. The van der Waals surface area contributed by atoms with Crippen LogP contribution in [0, 0.1) is 5.92 Å². The molecule has 108 valence electrons. The molecular formula is C15H32N2O. The molecule has 1 aliphatic heterocycles. The second-order valence-electron chi connectivity index (χ2n) is 5.43. The third kappa shape index (κ3) is 7.34.